The Labute approximate surface area is 155 Å². The zero-order chi connectivity index (χ0) is 17.9. The van der Waals surface area contributed by atoms with Crippen molar-refractivity contribution in [1.29, 1.82) is 0 Å². The molecule has 0 amide bonds. The molecule has 2 heteroatoms. The van der Waals surface area contributed by atoms with Gasteiger partial charge in [0.05, 0.1) is 0 Å². The molecule has 3 N–H and O–H groups in total. The van der Waals surface area contributed by atoms with Crippen LogP contribution in [0.25, 0.3) is 32.9 Å². The van der Waals surface area contributed by atoms with Crippen LogP contribution in [0.2, 0.25) is 0 Å². The van der Waals surface area contributed by atoms with E-state index >= 15 is 0 Å². The zero-order valence-corrected chi connectivity index (χ0v) is 15.4. The number of hydrogen-bond acceptors (Lipinski definition) is 1. The minimum absolute atomic E-state index is 0.758. The van der Waals surface area contributed by atoms with Gasteiger partial charge in [-0.05, 0) is 77.9 Å². The molecule has 4 aromatic rings. The molecule has 0 aliphatic heterocycles. The molecule has 132 valence electrons. The molecular formula is C24H26N2. The summed E-state index contributed by atoms with van der Waals surface area (Å²) in [6.45, 7) is 2.97. The fourth-order valence-electron chi connectivity index (χ4n) is 3.81. The average Bonchev–Trinajstić information content (AvgIpc) is 3.05. The molecule has 2 nitrogen and oxygen atoms in total. The van der Waals surface area contributed by atoms with Crippen molar-refractivity contribution in [3.63, 3.8) is 0 Å². The molecular weight excluding hydrogens is 316 g/mol. The van der Waals surface area contributed by atoms with E-state index in [0.717, 1.165) is 32.2 Å². The van der Waals surface area contributed by atoms with Gasteiger partial charge in [0.25, 0.3) is 0 Å². The molecule has 3 aromatic carbocycles. The predicted octanol–water partition coefficient (Wildman–Crippen LogP) is 5.83. The second-order valence-electron chi connectivity index (χ2n) is 7.02. The summed E-state index contributed by atoms with van der Waals surface area (Å²) in [7, 11) is 0. The third-order valence-corrected chi connectivity index (χ3v) is 5.30. The molecule has 0 aliphatic carbocycles. The largest absolute Gasteiger partial charge is 0.354 e. The van der Waals surface area contributed by atoms with Crippen LogP contribution in [0.1, 0.15) is 30.9 Å². The highest BCUT2D eigenvalue weighted by molar-refractivity contribution is 5.94. The predicted molar refractivity (Wildman–Crippen MR) is 113 cm³/mol. The third-order valence-electron chi connectivity index (χ3n) is 5.30. The molecule has 0 saturated heterocycles. The first-order valence-corrected chi connectivity index (χ1v) is 9.63. The molecule has 0 fully saturated rings. The summed E-state index contributed by atoms with van der Waals surface area (Å²) in [6.07, 6.45) is 4.32. The van der Waals surface area contributed by atoms with Gasteiger partial charge in [-0.3, -0.25) is 0 Å². The van der Waals surface area contributed by atoms with Gasteiger partial charge in [-0.1, -0.05) is 49.4 Å². The maximum atomic E-state index is 5.73. The number of aromatic nitrogens is 1. The summed E-state index contributed by atoms with van der Waals surface area (Å²) in [4.78, 5) is 3.69. The van der Waals surface area contributed by atoms with E-state index in [1.165, 1.54) is 44.1 Å². The fraction of sp³-hybridized carbons (Fsp3) is 0.250. The van der Waals surface area contributed by atoms with Crippen molar-refractivity contribution >= 4 is 21.7 Å². The third kappa shape index (κ3) is 3.13. The van der Waals surface area contributed by atoms with Gasteiger partial charge in [-0.2, -0.15) is 0 Å². The smallest absolute Gasteiger partial charge is 0.0497 e. The molecule has 0 unspecified atom stereocenters. The van der Waals surface area contributed by atoms with Gasteiger partial charge in [0.2, 0.25) is 0 Å². The number of rotatable bonds is 6. The quantitative estimate of drug-likeness (QED) is 0.425. The Morgan fingerprint density at radius 2 is 1.73 bits per heavy atom. The average molecular weight is 342 g/mol. The summed E-state index contributed by atoms with van der Waals surface area (Å²) in [5, 5.41) is 3.93. The second kappa shape index (κ2) is 7.35. The van der Waals surface area contributed by atoms with Gasteiger partial charge in [-0.25, -0.2) is 0 Å². The zero-order valence-electron chi connectivity index (χ0n) is 15.4. The molecule has 1 aromatic heterocycles. The van der Waals surface area contributed by atoms with Crippen molar-refractivity contribution in [1.82, 2.24) is 4.98 Å². The first-order valence-electron chi connectivity index (χ1n) is 9.63. The van der Waals surface area contributed by atoms with E-state index < -0.39 is 0 Å². The molecule has 0 atom stereocenters. The summed E-state index contributed by atoms with van der Waals surface area (Å²) in [5.74, 6) is 0. The van der Waals surface area contributed by atoms with Gasteiger partial charge < -0.3 is 10.7 Å². The van der Waals surface area contributed by atoms with Crippen molar-refractivity contribution in [2.24, 2.45) is 5.73 Å². The molecule has 26 heavy (non-hydrogen) atoms. The first kappa shape index (κ1) is 16.9. The Kier molecular flexibility index (Phi) is 4.77. The van der Waals surface area contributed by atoms with E-state index in [-0.39, 0.29) is 0 Å². The number of nitrogens with one attached hydrogen (secondary N) is 1. The van der Waals surface area contributed by atoms with Crippen molar-refractivity contribution in [2.75, 3.05) is 6.54 Å². The van der Waals surface area contributed by atoms with Crippen molar-refractivity contribution in [3.05, 3.63) is 71.8 Å². The molecule has 0 radical (unpaired) electrons. The lowest BCUT2D eigenvalue weighted by atomic mass is 9.97. The highest BCUT2D eigenvalue weighted by Crippen LogP contribution is 2.33. The van der Waals surface area contributed by atoms with Crippen LogP contribution in [0.15, 0.2) is 60.7 Å². The van der Waals surface area contributed by atoms with Gasteiger partial charge in [0.15, 0.2) is 0 Å². The summed E-state index contributed by atoms with van der Waals surface area (Å²) in [6, 6.07) is 22.1. The number of nitrogens with two attached hydrogens (primary N) is 1. The Balaban J connectivity index is 1.87. The lowest BCUT2D eigenvalue weighted by molar-refractivity contribution is 0.748. The Morgan fingerprint density at radius 3 is 2.54 bits per heavy atom. The molecule has 1 heterocycles. The Morgan fingerprint density at radius 1 is 0.885 bits per heavy atom. The SMILES string of the molecule is CCc1ccc2[nH]c(-c3ccc4ccccc4c3)c(CCCCN)c2c1. The van der Waals surface area contributed by atoms with E-state index in [1.54, 1.807) is 0 Å². The molecule has 0 bridgehead atoms. The van der Waals surface area contributed by atoms with Crippen LogP contribution in [0.4, 0.5) is 0 Å². The number of unbranched alkanes of at least 4 members (excludes halogenated alkanes) is 1. The number of benzene rings is 3. The summed E-state index contributed by atoms with van der Waals surface area (Å²) in [5.41, 5.74) is 12.3. The monoisotopic (exact) mass is 342 g/mol. The molecule has 0 saturated carbocycles. The molecule has 4 rings (SSSR count). The van der Waals surface area contributed by atoms with Crippen LogP contribution in [0.3, 0.4) is 0 Å². The lowest BCUT2D eigenvalue weighted by Crippen LogP contribution is -1.99. The molecule has 0 aliphatic rings. The molecule has 0 spiro atoms. The van der Waals surface area contributed by atoms with Crippen LogP contribution < -0.4 is 5.73 Å². The summed E-state index contributed by atoms with van der Waals surface area (Å²) >= 11 is 0. The van der Waals surface area contributed by atoms with E-state index in [9.17, 15) is 0 Å². The van der Waals surface area contributed by atoms with Crippen LogP contribution in [-0.4, -0.2) is 11.5 Å². The van der Waals surface area contributed by atoms with Gasteiger partial charge in [-0.15, -0.1) is 0 Å². The number of aromatic amines is 1. The lowest BCUT2D eigenvalue weighted by Gasteiger charge is -2.07. The van der Waals surface area contributed by atoms with Gasteiger partial charge in [0.1, 0.15) is 0 Å². The van der Waals surface area contributed by atoms with E-state index in [2.05, 4.69) is 72.6 Å². The minimum Gasteiger partial charge on any atom is -0.354 e. The normalized spacial score (nSPS) is 11.5. The van der Waals surface area contributed by atoms with E-state index in [1.807, 2.05) is 0 Å². The van der Waals surface area contributed by atoms with Crippen molar-refractivity contribution < 1.29 is 0 Å². The number of H-pyrrole nitrogens is 1. The van der Waals surface area contributed by atoms with Crippen LogP contribution in [-0.2, 0) is 12.8 Å². The minimum atomic E-state index is 0.758. The number of aryl methyl sites for hydroxylation is 2. The Hall–Kier alpha value is -2.58. The van der Waals surface area contributed by atoms with E-state index in [4.69, 9.17) is 5.73 Å². The second-order valence-corrected chi connectivity index (χ2v) is 7.02. The van der Waals surface area contributed by atoms with E-state index in [0.29, 0.717) is 0 Å². The van der Waals surface area contributed by atoms with Crippen LogP contribution in [0.5, 0.6) is 0 Å². The maximum Gasteiger partial charge on any atom is 0.0497 e. The van der Waals surface area contributed by atoms with Crippen molar-refractivity contribution in [3.8, 4) is 11.3 Å². The Bertz CT molecular complexity index is 1040. The summed E-state index contributed by atoms with van der Waals surface area (Å²) < 4.78 is 0. The van der Waals surface area contributed by atoms with Gasteiger partial charge in [0, 0.05) is 16.6 Å². The number of fused-ring (bicyclic) bond motifs is 2. The topological polar surface area (TPSA) is 41.8 Å². The standard InChI is InChI=1S/C24H26N2/c1-2-17-10-13-23-22(15-17)21(9-5-6-14-25)24(26-23)20-12-11-18-7-3-4-8-19(18)16-20/h3-4,7-8,10-13,15-16,26H,2,5-6,9,14,25H2,1H3. The van der Waals surface area contributed by atoms with Crippen molar-refractivity contribution in [2.45, 2.75) is 32.6 Å². The van der Waals surface area contributed by atoms with Crippen LogP contribution in [0, 0.1) is 0 Å². The fourth-order valence-corrected chi connectivity index (χ4v) is 3.81. The highest BCUT2D eigenvalue weighted by Gasteiger charge is 2.14. The highest BCUT2D eigenvalue weighted by atomic mass is 14.7. The van der Waals surface area contributed by atoms with Gasteiger partial charge >= 0.3 is 0 Å². The maximum absolute atomic E-state index is 5.73. The first-order chi connectivity index (χ1) is 12.8. The number of hydrogen-bond donors (Lipinski definition) is 2. The van der Waals surface area contributed by atoms with Crippen LogP contribution >= 0.6 is 0 Å².